The zero-order valence-corrected chi connectivity index (χ0v) is 15.8. The highest BCUT2D eigenvalue weighted by molar-refractivity contribution is 5.85. The van der Waals surface area contributed by atoms with E-state index in [0.717, 1.165) is 11.3 Å². The van der Waals surface area contributed by atoms with Gasteiger partial charge < -0.3 is 5.11 Å². The first-order chi connectivity index (χ1) is 13.5. The fraction of sp³-hybridized carbons (Fsp3) is 0.143. The van der Waals surface area contributed by atoms with E-state index in [-0.39, 0.29) is 11.4 Å². The molecule has 0 aliphatic heterocycles. The predicted octanol–water partition coefficient (Wildman–Crippen LogP) is 3.10. The smallest absolute Gasteiger partial charge is 0.282 e. The Bertz CT molecular complexity index is 1270. The molecule has 4 aromatic rings. The summed E-state index contributed by atoms with van der Waals surface area (Å²) < 4.78 is 2.68. The highest BCUT2D eigenvalue weighted by Gasteiger charge is 2.15. The maximum absolute atomic E-state index is 12.9. The van der Waals surface area contributed by atoms with Gasteiger partial charge in [-0.1, -0.05) is 30.3 Å². The Morgan fingerprint density at radius 3 is 2.54 bits per heavy atom. The number of fused-ring (bicyclic) bond motifs is 1. The summed E-state index contributed by atoms with van der Waals surface area (Å²) in [5.74, 6) is 0.426. The van der Waals surface area contributed by atoms with Gasteiger partial charge in [0.15, 0.2) is 0 Å². The molecule has 1 N–H and O–H groups in total. The molecule has 2 aromatic carbocycles. The van der Waals surface area contributed by atoms with Crippen LogP contribution in [0.2, 0.25) is 0 Å². The van der Waals surface area contributed by atoms with Crippen LogP contribution in [-0.4, -0.2) is 30.8 Å². The van der Waals surface area contributed by atoms with Crippen molar-refractivity contribution in [2.24, 2.45) is 5.10 Å². The van der Waals surface area contributed by atoms with Crippen LogP contribution in [0.3, 0.4) is 0 Å². The van der Waals surface area contributed by atoms with Crippen molar-refractivity contribution in [1.82, 2.24) is 19.4 Å². The number of hydrogen-bond donors (Lipinski definition) is 1. The summed E-state index contributed by atoms with van der Waals surface area (Å²) in [6, 6.07) is 14.9. The van der Waals surface area contributed by atoms with E-state index in [1.54, 1.807) is 13.8 Å². The minimum absolute atomic E-state index is 0.0388. The van der Waals surface area contributed by atoms with Gasteiger partial charge in [0.2, 0.25) is 5.88 Å². The monoisotopic (exact) mass is 373 g/mol. The third-order valence-corrected chi connectivity index (χ3v) is 4.63. The molecule has 140 valence electrons. The minimum Gasteiger partial charge on any atom is -0.493 e. The molecule has 0 atom stereocenters. The molecule has 0 aliphatic rings. The average Bonchev–Trinajstić information content (AvgIpc) is 2.96. The molecule has 0 bridgehead atoms. The van der Waals surface area contributed by atoms with Crippen molar-refractivity contribution in [1.29, 1.82) is 0 Å². The van der Waals surface area contributed by atoms with Crippen molar-refractivity contribution in [2.45, 2.75) is 20.8 Å². The van der Waals surface area contributed by atoms with Gasteiger partial charge in [-0.25, -0.2) is 9.67 Å². The zero-order chi connectivity index (χ0) is 19.8. The van der Waals surface area contributed by atoms with Crippen LogP contribution in [0.4, 0.5) is 0 Å². The number of para-hydroxylation sites is 1. The van der Waals surface area contributed by atoms with Crippen molar-refractivity contribution < 1.29 is 5.11 Å². The van der Waals surface area contributed by atoms with Crippen molar-refractivity contribution in [3.63, 3.8) is 0 Å². The molecule has 4 rings (SSSR count). The van der Waals surface area contributed by atoms with Crippen molar-refractivity contribution >= 4 is 17.1 Å². The largest absolute Gasteiger partial charge is 0.493 e. The summed E-state index contributed by atoms with van der Waals surface area (Å²) >= 11 is 0. The van der Waals surface area contributed by atoms with E-state index in [1.165, 1.54) is 15.6 Å². The van der Waals surface area contributed by atoms with Gasteiger partial charge in [-0.3, -0.25) is 4.79 Å². The lowest BCUT2D eigenvalue weighted by atomic mass is 10.1. The van der Waals surface area contributed by atoms with Gasteiger partial charge >= 0.3 is 0 Å². The van der Waals surface area contributed by atoms with Crippen LogP contribution in [0.25, 0.3) is 16.6 Å². The molecule has 0 fully saturated rings. The number of aromatic nitrogens is 4. The molecule has 28 heavy (non-hydrogen) atoms. The summed E-state index contributed by atoms with van der Waals surface area (Å²) in [5, 5.41) is 19.8. The Kier molecular flexibility index (Phi) is 4.27. The SMILES string of the molecule is Cc1nn(-c2ccccc2)c(O)c1C=Nn1c(C)nc2cccc(C)c2c1=O. The van der Waals surface area contributed by atoms with Gasteiger partial charge in [-0.2, -0.15) is 14.9 Å². The molecule has 0 amide bonds. The third kappa shape index (κ3) is 2.87. The molecular weight excluding hydrogens is 354 g/mol. The fourth-order valence-corrected chi connectivity index (χ4v) is 3.18. The van der Waals surface area contributed by atoms with E-state index in [9.17, 15) is 9.90 Å². The maximum Gasteiger partial charge on any atom is 0.282 e. The summed E-state index contributed by atoms with van der Waals surface area (Å²) in [5.41, 5.74) is 3.02. The van der Waals surface area contributed by atoms with E-state index < -0.39 is 0 Å². The van der Waals surface area contributed by atoms with E-state index in [1.807, 2.05) is 55.5 Å². The van der Waals surface area contributed by atoms with Crippen molar-refractivity contribution in [3.05, 3.63) is 81.5 Å². The second-order valence-electron chi connectivity index (χ2n) is 6.56. The van der Waals surface area contributed by atoms with Crippen molar-refractivity contribution in [2.75, 3.05) is 0 Å². The molecule has 7 nitrogen and oxygen atoms in total. The van der Waals surface area contributed by atoms with E-state index >= 15 is 0 Å². The average molecular weight is 373 g/mol. The van der Waals surface area contributed by atoms with Crippen LogP contribution in [0.1, 0.15) is 22.6 Å². The minimum atomic E-state index is -0.246. The molecule has 2 heterocycles. The normalized spacial score (nSPS) is 11.5. The Balaban J connectivity index is 1.82. The van der Waals surface area contributed by atoms with Crippen LogP contribution in [-0.2, 0) is 0 Å². The quantitative estimate of drug-likeness (QED) is 0.559. The molecule has 0 saturated heterocycles. The summed E-state index contributed by atoms with van der Waals surface area (Å²) in [6.45, 7) is 5.37. The summed E-state index contributed by atoms with van der Waals surface area (Å²) in [4.78, 5) is 17.4. The van der Waals surface area contributed by atoms with Crippen LogP contribution in [0, 0.1) is 20.8 Å². The van der Waals surface area contributed by atoms with Crippen molar-refractivity contribution in [3.8, 4) is 11.6 Å². The van der Waals surface area contributed by atoms with E-state index in [0.29, 0.717) is 28.0 Å². The third-order valence-electron chi connectivity index (χ3n) is 4.63. The molecule has 7 heteroatoms. The van der Waals surface area contributed by atoms with Gasteiger partial charge in [0, 0.05) is 0 Å². The first-order valence-electron chi connectivity index (χ1n) is 8.84. The summed E-state index contributed by atoms with van der Waals surface area (Å²) in [6.07, 6.45) is 1.44. The van der Waals surface area contributed by atoms with Gasteiger partial charge in [-0.15, -0.1) is 0 Å². The van der Waals surface area contributed by atoms with Crippen LogP contribution in [0.5, 0.6) is 5.88 Å². The first kappa shape index (κ1) is 17.7. The highest BCUT2D eigenvalue weighted by atomic mass is 16.3. The van der Waals surface area contributed by atoms with Gasteiger partial charge in [0.25, 0.3) is 5.56 Å². The topological polar surface area (TPSA) is 85.3 Å². The number of nitrogens with zero attached hydrogens (tertiary/aromatic N) is 5. The number of benzene rings is 2. The fourth-order valence-electron chi connectivity index (χ4n) is 3.18. The Labute approximate surface area is 161 Å². The van der Waals surface area contributed by atoms with E-state index in [4.69, 9.17) is 0 Å². The van der Waals surface area contributed by atoms with Crippen LogP contribution >= 0.6 is 0 Å². The standard InChI is InChI=1S/C21H19N5O2/c1-13-8-7-11-18-19(13)21(28)25(15(3)23-18)22-12-17-14(2)24-26(20(17)27)16-9-5-4-6-10-16/h4-12,27H,1-3H3. The van der Waals surface area contributed by atoms with Crippen LogP contribution < -0.4 is 5.56 Å². The lowest BCUT2D eigenvalue weighted by Gasteiger charge is -2.07. The second-order valence-corrected chi connectivity index (χ2v) is 6.56. The zero-order valence-electron chi connectivity index (χ0n) is 15.8. The van der Waals surface area contributed by atoms with Crippen LogP contribution in [0.15, 0.2) is 58.4 Å². The summed E-state index contributed by atoms with van der Waals surface area (Å²) in [7, 11) is 0. The lowest BCUT2D eigenvalue weighted by molar-refractivity contribution is 0.433. The lowest BCUT2D eigenvalue weighted by Crippen LogP contribution is -2.21. The second kappa shape index (κ2) is 6.77. The van der Waals surface area contributed by atoms with Gasteiger partial charge in [0.05, 0.1) is 34.1 Å². The molecule has 0 unspecified atom stereocenters. The molecule has 0 saturated carbocycles. The number of hydrogen-bond acceptors (Lipinski definition) is 5. The maximum atomic E-state index is 12.9. The molecule has 0 radical (unpaired) electrons. The Morgan fingerprint density at radius 2 is 1.79 bits per heavy atom. The van der Waals surface area contributed by atoms with Gasteiger partial charge in [0.1, 0.15) is 5.82 Å². The Hall–Kier alpha value is -3.74. The predicted molar refractivity (Wildman–Crippen MR) is 108 cm³/mol. The molecule has 0 spiro atoms. The number of aryl methyl sites for hydroxylation is 3. The molecule has 2 aromatic heterocycles. The first-order valence-corrected chi connectivity index (χ1v) is 8.84. The van der Waals surface area contributed by atoms with Gasteiger partial charge in [-0.05, 0) is 44.5 Å². The van der Waals surface area contributed by atoms with E-state index in [2.05, 4.69) is 15.2 Å². The molecular formula is C21H19N5O2. The Morgan fingerprint density at radius 1 is 1.04 bits per heavy atom. The molecule has 0 aliphatic carbocycles. The number of aromatic hydroxyl groups is 1. The highest BCUT2D eigenvalue weighted by Crippen LogP contribution is 2.23. The number of rotatable bonds is 3.